The molecule has 0 spiro atoms. The highest BCUT2D eigenvalue weighted by Crippen LogP contribution is 2.08. The van der Waals surface area contributed by atoms with Crippen molar-refractivity contribution in [2.45, 2.75) is 26.3 Å². The quantitative estimate of drug-likeness (QED) is 0.797. The molecule has 1 aromatic carbocycles. The van der Waals surface area contributed by atoms with Crippen molar-refractivity contribution >= 4 is 0 Å². The molecule has 0 bridgehead atoms. The molecule has 0 aliphatic carbocycles. The summed E-state index contributed by atoms with van der Waals surface area (Å²) in [6.45, 7) is 4.66. The smallest absolute Gasteiger partial charge is 0.240 e. The zero-order chi connectivity index (χ0) is 14.2. The lowest BCUT2D eigenvalue weighted by atomic mass is 10.1. The van der Waals surface area contributed by atoms with Crippen LogP contribution in [0.3, 0.4) is 0 Å². The Kier molecular flexibility index (Phi) is 5.70. The van der Waals surface area contributed by atoms with Crippen LogP contribution < -0.4 is 0 Å². The standard InChI is InChI=1S/C15H21N3O2/c1-2-18(9-6-10-19)12-15-16-14(17-20-15)11-13-7-4-3-5-8-13/h3-5,7-8,19H,2,6,9-12H2,1H3. The van der Waals surface area contributed by atoms with E-state index in [-0.39, 0.29) is 6.61 Å². The van der Waals surface area contributed by atoms with Gasteiger partial charge < -0.3 is 9.63 Å². The van der Waals surface area contributed by atoms with Gasteiger partial charge in [-0.1, -0.05) is 42.4 Å². The van der Waals surface area contributed by atoms with Crippen LogP contribution in [0.25, 0.3) is 0 Å². The topological polar surface area (TPSA) is 62.4 Å². The SMILES string of the molecule is CCN(CCCO)Cc1nc(Cc2ccccc2)no1. The minimum absolute atomic E-state index is 0.208. The van der Waals surface area contributed by atoms with E-state index in [0.29, 0.717) is 24.7 Å². The van der Waals surface area contributed by atoms with Gasteiger partial charge in [-0.05, 0) is 18.5 Å². The van der Waals surface area contributed by atoms with E-state index in [2.05, 4.69) is 34.1 Å². The van der Waals surface area contributed by atoms with Crippen LogP contribution in [-0.4, -0.2) is 39.8 Å². The Morgan fingerprint density at radius 1 is 1.25 bits per heavy atom. The van der Waals surface area contributed by atoms with Crippen molar-refractivity contribution in [3.63, 3.8) is 0 Å². The van der Waals surface area contributed by atoms with Crippen LogP contribution in [0.1, 0.15) is 30.6 Å². The molecule has 5 heteroatoms. The monoisotopic (exact) mass is 275 g/mol. The van der Waals surface area contributed by atoms with E-state index < -0.39 is 0 Å². The Hall–Kier alpha value is -1.72. The lowest BCUT2D eigenvalue weighted by molar-refractivity contribution is 0.205. The Morgan fingerprint density at radius 3 is 2.75 bits per heavy atom. The van der Waals surface area contributed by atoms with Gasteiger partial charge >= 0.3 is 0 Å². The fourth-order valence-electron chi connectivity index (χ4n) is 2.04. The average Bonchev–Trinajstić information content (AvgIpc) is 2.91. The van der Waals surface area contributed by atoms with Gasteiger partial charge in [0.1, 0.15) is 0 Å². The molecule has 0 amide bonds. The van der Waals surface area contributed by atoms with Gasteiger partial charge in [0.2, 0.25) is 5.89 Å². The minimum atomic E-state index is 0.208. The fourth-order valence-corrected chi connectivity index (χ4v) is 2.04. The van der Waals surface area contributed by atoms with E-state index in [4.69, 9.17) is 9.63 Å². The molecule has 1 N–H and O–H groups in total. The third-order valence-corrected chi connectivity index (χ3v) is 3.15. The van der Waals surface area contributed by atoms with Gasteiger partial charge in [0.15, 0.2) is 5.82 Å². The summed E-state index contributed by atoms with van der Waals surface area (Å²) in [5.74, 6) is 1.35. The largest absolute Gasteiger partial charge is 0.396 e. The highest BCUT2D eigenvalue weighted by Gasteiger charge is 2.11. The predicted octanol–water partition coefficient (Wildman–Crippen LogP) is 1.86. The summed E-state index contributed by atoms with van der Waals surface area (Å²) in [5, 5.41) is 12.9. The number of aliphatic hydroxyl groups excluding tert-OH is 1. The molecule has 0 unspecified atom stereocenters. The van der Waals surface area contributed by atoms with E-state index in [9.17, 15) is 0 Å². The lowest BCUT2D eigenvalue weighted by Gasteiger charge is -2.16. The summed E-state index contributed by atoms with van der Waals surface area (Å²) >= 11 is 0. The lowest BCUT2D eigenvalue weighted by Crippen LogP contribution is -2.24. The van der Waals surface area contributed by atoms with Gasteiger partial charge in [-0.15, -0.1) is 0 Å². The Balaban J connectivity index is 1.91. The molecule has 0 aliphatic rings. The third-order valence-electron chi connectivity index (χ3n) is 3.15. The van der Waals surface area contributed by atoms with Crippen molar-refractivity contribution in [3.8, 4) is 0 Å². The molecule has 5 nitrogen and oxygen atoms in total. The van der Waals surface area contributed by atoms with Crippen LogP contribution in [0.15, 0.2) is 34.9 Å². The molecule has 2 aromatic rings. The highest BCUT2D eigenvalue weighted by molar-refractivity contribution is 5.18. The second-order valence-corrected chi connectivity index (χ2v) is 4.71. The Bertz CT molecular complexity index is 499. The maximum atomic E-state index is 8.87. The number of hydrogen-bond donors (Lipinski definition) is 1. The molecule has 0 fully saturated rings. The minimum Gasteiger partial charge on any atom is -0.396 e. The molecule has 2 rings (SSSR count). The maximum absolute atomic E-state index is 8.87. The summed E-state index contributed by atoms with van der Waals surface area (Å²) in [6, 6.07) is 10.1. The van der Waals surface area contributed by atoms with Crippen LogP contribution in [0.2, 0.25) is 0 Å². The van der Waals surface area contributed by atoms with E-state index >= 15 is 0 Å². The molecule has 0 atom stereocenters. The molecular formula is C15H21N3O2. The molecule has 0 radical (unpaired) electrons. The Labute approximate surface area is 119 Å². The number of nitrogens with zero attached hydrogens (tertiary/aromatic N) is 3. The molecule has 108 valence electrons. The van der Waals surface area contributed by atoms with Crippen LogP contribution in [0.4, 0.5) is 0 Å². The average molecular weight is 275 g/mol. The summed E-state index contributed by atoms with van der Waals surface area (Å²) in [4.78, 5) is 6.60. The van der Waals surface area contributed by atoms with E-state index in [1.165, 1.54) is 5.56 Å². The van der Waals surface area contributed by atoms with Crippen molar-refractivity contribution < 1.29 is 9.63 Å². The number of aliphatic hydroxyl groups is 1. The second-order valence-electron chi connectivity index (χ2n) is 4.71. The third kappa shape index (κ3) is 4.43. The molecule has 0 aliphatic heterocycles. The van der Waals surface area contributed by atoms with Crippen molar-refractivity contribution in [3.05, 3.63) is 47.6 Å². The summed E-state index contributed by atoms with van der Waals surface area (Å²) in [6.07, 6.45) is 1.45. The first kappa shape index (κ1) is 14.7. The molecule has 0 saturated heterocycles. The van der Waals surface area contributed by atoms with E-state index in [0.717, 1.165) is 19.5 Å². The first-order valence-corrected chi connectivity index (χ1v) is 7.00. The summed E-state index contributed by atoms with van der Waals surface area (Å²) in [5.41, 5.74) is 1.17. The first-order valence-electron chi connectivity index (χ1n) is 7.00. The van der Waals surface area contributed by atoms with E-state index in [1.807, 2.05) is 18.2 Å². The molecule has 1 aromatic heterocycles. The van der Waals surface area contributed by atoms with Crippen molar-refractivity contribution in [1.82, 2.24) is 15.0 Å². The van der Waals surface area contributed by atoms with Gasteiger partial charge in [0.25, 0.3) is 0 Å². The van der Waals surface area contributed by atoms with Crippen molar-refractivity contribution in [2.75, 3.05) is 19.7 Å². The fraction of sp³-hybridized carbons (Fsp3) is 0.467. The van der Waals surface area contributed by atoms with Crippen molar-refractivity contribution in [2.24, 2.45) is 0 Å². The maximum Gasteiger partial charge on any atom is 0.240 e. The van der Waals surface area contributed by atoms with Crippen molar-refractivity contribution in [1.29, 1.82) is 0 Å². The van der Waals surface area contributed by atoms with Crippen LogP contribution >= 0.6 is 0 Å². The molecule has 20 heavy (non-hydrogen) atoms. The molecule has 0 saturated carbocycles. The van der Waals surface area contributed by atoms with Crippen LogP contribution in [-0.2, 0) is 13.0 Å². The molecular weight excluding hydrogens is 254 g/mol. The first-order chi connectivity index (χ1) is 9.81. The van der Waals surface area contributed by atoms with Gasteiger partial charge in [0.05, 0.1) is 6.54 Å². The molecule has 1 heterocycles. The van der Waals surface area contributed by atoms with Crippen LogP contribution in [0.5, 0.6) is 0 Å². The zero-order valence-electron chi connectivity index (χ0n) is 11.8. The summed E-state index contributed by atoms with van der Waals surface area (Å²) in [7, 11) is 0. The van der Waals surface area contributed by atoms with Gasteiger partial charge in [-0.2, -0.15) is 4.98 Å². The van der Waals surface area contributed by atoms with Gasteiger partial charge in [-0.25, -0.2) is 0 Å². The second kappa shape index (κ2) is 7.77. The number of hydrogen-bond acceptors (Lipinski definition) is 5. The number of benzene rings is 1. The zero-order valence-corrected chi connectivity index (χ0v) is 11.8. The van der Waals surface area contributed by atoms with Gasteiger partial charge in [0, 0.05) is 19.6 Å². The predicted molar refractivity (Wildman–Crippen MR) is 76.2 cm³/mol. The Morgan fingerprint density at radius 2 is 2.05 bits per heavy atom. The van der Waals surface area contributed by atoms with Crippen LogP contribution in [0, 0.1) is 0 Å². The normalized spacial score (nSPS) is 11.2. The number of rotatable bonds is 8. The van der Waals surface area contributed by atoms with E-state index in [1.54, 1.807) is 0 Å². The summed E-state index contributed by atoms with van der Waals surface area (Å²) < 4.78 is 5.28. The highest BCUT2D eigenvalue weighted by atomic mass is 16.5. The number of aromatic nitrogens is 2. The van der Waals surface area contributed by atoms with Gasteiger partial charge in [-0.3, -0.25) is 4.90 Å².